The molecule has 104 valence electrons. The summed E-state index contributed by atoms with van der Waals surface area (Å²) in [6.45, 7) is 6.35. The Morgan fingerprint density at radius 1 is 1.25 bits per heavy atom. The Kier molecular flexibility index (Phi) is 2.79. The predicted octanol–water partition coefficient (Wildman–Crippen LogP) is 1.95. The van der Waals surface area contributed by atoms with E-state index in [1.807, 2.05) is 12.3 Å². The van der Waals surface area contributed by atoms with Crippen molar-refractivity contribution in [1.29, 1.82) is 0 Å². The van der Waals surface area contributed by atoms with Gasteiger partial charge in [0.15, 0.2) is 5.82 Å². The van der Waals surface area contributed by atoms with E-state index in [9.17, 15) is 0 Å². The van der Waals surface area contributed by atoms with Gasteiger partial charge in [-0.15, -0.1) is 5.10 Å². The van der Waals surface area contributed by atoms with Gasteiger partial charge in [-0.05, 0) is 22.0 Å². The molecule has 0 fully saturated rings. The Hall–Kier alpha value is -1.96. The number of fused-ring (bicyclic) bond motifs is 1. The summed E-state index contributed by atoms with van der Waals surface area (Å²) in [5, 5.41) is 8.71. The average Bonchev–Trinajstić information content (AvgIpc) is 2.91. The number of aromatic nitrogens is 6. The maximum Gasteiger partial charge on any atom is 0.240 e. The third-order valence-electron chi connectivity index (χ3n) is 2.92. The second kappa shape index (κ2) is 4.27. The topological polar surface area (TPSA) is 86.9 Å². The largest absolute Gasteiger partial charge is 0.366 e. The van der Waals surface area contributed by atoms with Gasteiger partial charge in [0, 0.05) is 17.8 Å². The first-order chi connectivity index (χ1) is 9.36. The molecule has 3 aromatic rings. The first-order valence-corrected chi connectivity index (χ1v) is 6.89. The smallest absolute Gasteiger partial charge is 0.240 e. The fourth-order valence-corrected chi connectivity index (χ4v) is 2.31. The Morgan fingerprint density at radius 3 is 2.60 bits per heavy atom. The average molecular weight is 336 g/mol. The van der Waals surface area contributed by atoms with E-state index in [-0.39, 0.29) is 11.4 Å². The first kappa shape index (κ1) is 13.0. The molecule has 0 spiro atoms. The predicted molar refractivity (Wildman–Crippen MR) is 78.7 cm³/mol. The molecule has 0 atom stereocenters. The number of rotatable bonds is 1. The minimum atomic E-state index is -0.0398. The van der Waals surface area contributed by atoms with E-state index in [1.54, 1.807) is 15.4 Å². The summed E-state index contributed by atoms with van der Waals surface area (Å²) in [6.07, 6.45) is 3.48. The van der Waals surface area contributed by atoms with Gasteiger partial charge in [-0.2, -0.15) is 14.8 Å². The molecule has 0 aliphatic rings. The molecule has 3 heterocycles. The van der Waals surface area contributed by atoms with Crippen LogP contribution in [0.2, 0.25) is 0 Å². The molecule has 8 heteroatoms. The molecule has 0 aliphatic carbocycles. The van der Waals surface area contributed by atoms with Gasteiger partial charge in [-0.3, -0.25) is 0 Å². The molecule has 2 N–H and O–H groups in total. The highest BCUT2D eigenvalue weighted by atomic mass is 79.9. The highest BCUT2D eigenvalue weighted by molar-refractivity contribution is 9.10. The van der Waals surface area contributed by atoms with Gasteiger partial charge in [-0.25, -0.2) is 9.50 Å². The first-order valence-electron chi connectivity index (χ1n) is 6.09. The van der Waals surface area contributed by atoms with E-state index in [0.29, 0.717) is 10.6 Å². The molecule has 20 heavy (non-hydrogen) atoms. The summed E-state index contributed by atoms with van der Waals surface area (Å²) >= 11 is 3.33. The quantitative estimate of drug-likeness (QED) is 0.734. The van der Waals surface area contributed by atoms with Crippen LogP contribution < -0.4 is 5.73 Å². The van der Waals surface area contributed by atoms with Gasteiger partial charge >= 0.3 is 0 Å². The van der Waals surface area contributed by atoms with Crippen LogP contribution in [0.3, 0.4) is 0 Å². The van der Waals surface area contributed by atoms with E-state index in [0.717, 1.165) is 11.2 Å². The van der Waals surface area contributed by atoms with Gasteiger partial charge < -0.3 is 5.73 Å². The monoisotopic (exact) mass is 335 g/mol. The molecule has 0 bridgehead atoms. The van der Waals surface area contributed by atoms with Crippen LogP contribution in [0.15, 0.2) is 23.2 Å². The number of anilines is 1. The lowest BCUT2D eigenvalue weighted by Gasteiger charge is -2.13. The molecule has 0 radical (unpaired) electrons. The maximum atomic E-state index is 5.61. The highest BCUT2D eigenvalue weighted by Crippen LogP contribution is 2.25. The fraction of sp³-hybridized carbons (Fsp3) is 0.333. The summed E-state index contributed by atoms with van der Waals surface area (Å²) in [7, 11) is 0. The van der Waals surface area contributed by atoms with E-state index in [4.69, 9.17) is 5.73 Å². The molecule has 7 nitrogen and oxygen atoms in total. The summed E-state index contributed by atoms with van der Waals surface area (Å²) in [5.74, 6) is 0.822. The maximum absolute atomic E-state index is 5.61. The van der Waals surface area contributed by atoms with Crippen molar-refractivity contribution in [3.8, 4) is 5.82 Å². The lowest BCUT2D eigenvalue weighted by atomic mass is 9.92. The normalized spacial score (nSPS) is 12.2. The second-order valence-corrected chi connectivity index (χ2v) is 6.22. The Bertz CT molecular complexity index is 781. The molecule has 3 aromatic heterocycles. The van der Waals surface area contributed by atoms with Crippen molar-refractivity contribution in [2.24, 2.45) is 0 Å². The van der Waals surface area contributed by atoms with Crippen molar-refractivity contribution in [2.75, 3.05) is 5.73 Å². The molecule has 0 saturated carbocycles. The van der Waals surface area contributed by atoms with Crippen molar-refractivity contribution in [3.05, 3.63) is 28.9 Å². The van der Waals surface area contributed by atoms with Crippen LogP contribution in [0.25, 0.3) is 11.3 Å². The van der Waals surface area contributed by atoms with Crippen LogP contribution in [-0.4, -0.2) is 29.4 Å². The van der Waals surface area contributed by atoms with Crippen LogP contribution in [0.5, 0.6) is 0 Å². The van der Waals surface area contributed by atoms with Crippen molar-refractivity contribution in [3.63, 3.8) is 0 Å². The third-order valence-corrected chi connectivity index (χ3v) is 3.44. The molecule has 0 amide bonds. The Morgan fingerprint density at radius 2 is 2.00 bits per heavy atom. The van der Waals surface area contributed by atoms with E-state index >= 15 is 0 Å². The zero-order valence-electron chi connectivity index (χ0n) is 11.4. The summed E-state index contributed by atoms with van der Waals surface area (Å²) in [6, 6.07) is 2.01. The number of nitrogen functional groups attached to an aromatic ring is 1. The van der Waals surface area contributed by atoms with Crippen molar-refractivity contribution in [1.82, 2.24) is 29.4 Å². The molecular formula is C12H14BrN7. The minimum Gasteiger partial charge on any atom is -0.366 e. The molecule has 0 unspecified atom stereocenters. The van der Waals surface area contributed by atoms with E-state index in [2.05, 4.69) is 56.9 Å². The molecule has 0 aromatic carbocycles. The number of nitrogens with zero attached hydrogens (tertiary/aromatic N) is 6. The van der Waals surface area contributed by atoms with Crippen LogP contribution in [0.4, 0.5) is 5.95 Å². The van der Waals surface area contributed by atoms with Crippen LogP contribution in [0, 0.1) is 0 Å². The zero-order valence-corrected chi connectivity index (χ0v) is 13.0. The lowest BCUT2D eigenvalue weighted by molar-refractivity contribution is 0.562. The van der Waals surface area contributed by atoms with Gasteiger partial charge in [0.05, 0.1) is 5.69 Å². The number of hydrogen-bond donors (Lipinski definition) is 1. The van der Waals surface area contributed by atoms with Gasteiger partial charge in [0.2, 0.25) is 10.7 Å². The standard InChI is InChI=1S/C12H14BrN7/c1-12(2,3)8-6-7-9(15-4-5-19(7)17-8)20-10(13)16-11(14)18-20/h4-6H,1-3H3,(H2,14,18). The van der Waals surface area contributed by atoms with Crippen LogP contribution >= 0.6 is 15.9 Å². The SMILES string of the molecule is CC(C)(C)c1cc2c(-n3nc(N)nc3Br)nccn2n1. The van der Waals surface area contributed by atoms with Crippen LogP contribution in [0.1, 0.15) is 26.5 Å². The number of hydrogen-bond acceptors (Lipinski definition) is 5. The zero-order chi connectivity index (χ0) is 14.5. The van der Waals surface area contributed by atoms with Gasteiger partial charge in [0.25, 0.3) is 0 Å². The number of nitrogens with two attached hydrogens (primary N) is 1. The van der Waals surface area contributed by atoms with E-state index in [1.165, 1.54) is 0 Å². The summed E-state index contributed by atoms with van der Waals surface area (Å²) in [5.41, 5.74) is 7.40. The Balaban J connectivity index is 2.26. The van der Waals surface area contributed by atoms with Crippen LogP contribution in [-0.2, 0) is 5.41 Å². The van der Waals surface area contributed by atoms with Gasteiger partial charge in [0.1, 0.15) is 5.52 Å². The van der Waals surface area contributed by atoms with E-state index < -0.39 is 0 Å². The Labute approximate surface area is 124 Å². The molecule has 0 aliphatic heterocycles. The van der Waals surface area contributed by atoms with Crippen molar-refractivity contribution < 1.29 is 0 Å². The summed E-state index contributed by atoms with van der Waals surface area (Å²) in [4.78, 5) is 8.39. The second-order valence-electron chi connectivity index (χ2n) is 5.51. The minimum absolute atomic E-state index is 0.0398. The third kappa shape index (κ3) is 2.05. The van der Waals surface area contributed by atoms with Gasteiger partial charge in [-0.1, -0.05) is 20.8 Å². The molecular weight excluding hydrogens is 322 g/mol. The number of halogens is 1. The molecule has 3 rings (SSSR count). The summed E-state index contributed by atoms with van der Waals surface area (Å²) < 4.78 is 3.85. The van der Waals surface area contributed by atoms with Crippen molar-refractivity contribution >= 4 is 27.4 Å². The molecule has 0 saturated heterocycles. The van der Waals surface area contributed by atoms with Crippen molar-refractivity contribution in [2.45, 2.75) is 26.2 Å². The fourth-order valence-electron chi connectivity index (χ4n) is 1.88. The highest BCUT2D eigenvalue weighted by Gasteiger charge is 2.20. The lowest BCUT2D eigenvalue weighted by Crippen LogP contribution is -2.11.